The third-order valence-corrected chi connectivity index (χ3v) is 2.41. The van der Waals surface area contributed by atoms with Gasteiger partial charge in [0.05, 0.1) is 7.11 Å². The van der Waals surface area contributed by atoms with Crippen LogP contribution in [0.3, 0.4) is 0 Å². The van der Waals surface area contributed by atoms with Gasteiger partial charge >= 0.3 is 5.97 Å². The van der Waals surface area contributed by atoms with Crippen molar-refractivity contribution in [3.8, 4) is 0 Å². The summed E-state index contributed by atoms with van der Waals surface area (Å²) in [6.07, 6.45) is 0. The first-order valence-electron chi connectivity index (χ1n) is 4.84. The number of carbonyl (C=O) groups excluding carboxylic acids is 1. The van der Waals surface area contributed by atoms with Gasteiger partial charge in [-0.1, -0.05) is 12.1 Å². The van der Waals surface area contributed by atoms with Crippen molar-refractivity contribution in [1.82, 2.24) is 4.98 Å². The largest absolute Gasteiger partial charge is 0.465 e. The van der Waals surface area contributed by atoms with Gasteiger partial charge in [-0.15, -0.1) is 0 Å². The molecular formula is C12H11NO3. The van der Waals surface area contributed by atoms with Crippen LogP contribution in [0.5, 0.6) is 0 Å². The molecule has 0 saturated carbocycles. The summed E-state index contributed by atoms with van der Waals surface area (Å²) >= 11 is 0. The van der Waals surface area contributed by atoms with Crippen LogP contribution >= 0.6 is 0 Å². The van der Waals surface area contributed by atoms with E-state index in [0.29, 0.717) is 0 Å². The Labute approximate surface area is 91.9 Å². The molecular weight excluding hydrogens is 206 g/mol. The zero-order valence-corrected chi connectivity index (χ0v) is 9.03. The molecule has 0 aliphatic rings. The quantitative estimate of drug-likeness (QED) is 0.738. The predicted molar refractivity (Wildman–Crippen MR) is 60.6 cm³/mol. The zero-order chi connectivity index (χ0) is 11.7. The Morgan fingerprint density at radius 3 is 2.75 bits per heavy atom. The second-order valence-electron chi connectivity index (χ2n) is 3.59. The van der Waals surface area contributed by atoms with E-state index < -0.39 is 11.5 Å². The number of aromatic amines is 1. The summed E-state index contributed by atoms with van der Waals surface area (Å²) in [5, 5.41) is 0.811. The van der Waals surface area contributed by atoms with Crippen LogP contribution < -0.4 is 5.56 Å². The lowest BCUT2D eigenvalue weighted by molar-refractivity contribution is 0.0599. The Morgan fingerprint density at radius 2 is 2.06 bits per heavy atom. The van der Waals surface area contributed by atoms with E-state index in [1.165, 1.54) is 7.11 Å². The van der Waals surface area contributed by atoms with Crippen molar-refractivity contribution in [2.75, 3.05) is 7.11 Å². The number of fused-ring (bicyclic) bond motifs is 1. The third kappa shape index (κ3) is 1.69. The number of nitrogens with one attached hydrogen (secondary N) is 1. The maximum Gasteiger partial charge on any atom is 0.343 e. The zero-order valence-electron chi connectivity index (χ0n) is 9.03. The molecule has 0 aliphatic carbocycles. The molecule has 4 heteroatoms. The summed E-state index contributed by atoms with van der Waals surface area (Å²) in [5.41, 5.74) is 1.37. The molecule has 0 radical (unpaired) electrons. The minimum absolute atomic E-state index is 0.0267. The maximum absolute atomic E-state index is 11.6. The average Bonchev–Trinajstić information content (AvgIpc) is 2.27. The number of hydrogen-bond acceptors (Lipinski definition) is 3. The van der Waals surface area contributed by atoms with Crippen molar-refractivity contribution in [3.05, 3.63) is 45.7 Å². The molecule has 1 N–H and O–H groups in total. The van der Waals surface area contributed by atoms with Crippen LogP contribution in [0.4, 0.5) is 0 Å². The molecule has 1 aromatic carbocycles. The molecule has 1 heterocycles. The smallest absolute Gasteiger partial charge is 0.343 e. The van der Waals surface area contributed by atoms with E-state index in [1.807, 2.05) is 25.1 Å². The van der Waals surface area contributed by atoms with E-state index in [-0.39, 0.29) is 5.56 Å². The second-order valence-corrected chi connectivity index (χ2v) is 3.59. The van der Waals surface area contributed by atoms with Gasteiger partial charge in [0.15, 0.2) is 0 Å². The highest BCUT2D eigenvalue weighted by molar-refractivity contribution is 5.93. The molecule has 0 saturated heterocycles. The fraction of sp³-hybridized carbons (Fsp3) is 0.167. The predicted octanol–water partition coefficient (Wildman–Crippen LogP) is 1.62. The van der Waals surface area contributed by atoms with Crippen molar-refractivity contribution in [2.24, 2.45) is 0 Å². The summed E-state index contributed by atoms with van der Waals surface area (Å²) in [4.78, 5) is 25.5. The lowest BCUT2D eigenvalue weighted by atomic mass is 10.1. The van der Waals surface area contributed by atoms with Gasteiger partial charge < -0.3 is 9.72 Å². The van der Waals surface area contributed by atoms with Crippen molar-refractivity contribution < 1.29 is 9.53 Å². The van der Waals surface area contributed by atoms with Crippen LogP contribution in [-0.2, 0) is 4.74 Å². The summed E-state index contributed by atoms with van der Waals surface area (Å²) in [7, 11) is 1.25. The topological polar surface area (TPSA) is 59.2 Å². The van der Waals surface area contributed by atoms with Crippen LogP contribution in [0.2, 0.25) is 0 Å². The Kier molecular flexibility index (Phi) is 2.48. The van der Waals surface area contributed by atoms with Gasteiger partial charge in [-0.25, -0.2) is 4.79 Å². The highest BCUT2D eigenvalue weighted by Gasteiger charge is 2.11. The maximum atomic E-state index is 11.6. The molecule has 0 atom stereocenters. The van der Waals surface area contributed by atoms with Crippen molar-refractivity contribution >= 4 is 16.9 Å². The monoisotopic (exact) mass is 217 g/mol. The molecule has 0 fully saturated rings. The number of aryl methyl sites for hydroxylation is 1. The number of benzene rings is 1. The molecule has 0 spiro atoms. The van der Waals surface area contributed by atoms with Gasteiger partial charge in [0, 0.05) is 5.52 Å². The van der Waals surface area contributed by atoms with Crippen LogP contribution in [0.25, 0.3) is 10.9 Å². The average molecular weight is 217 g/mol. The number of rotatable bonds is 1. The molecule has 4 nitrogen and oxygen atoms in total. The molecule has 16 heavy (non-hydrogen) atoms. The summed E-state index contributed by atoms with van der Waals surface area (Å²) in [6.45, 7) is 1.94. The van der Waals surface area contributed by atoms with E-state index in [4.69, 9.17) is 0 Å². The summed E-state index contributed by atoms with van der Waals surface area (Å²) < 4.78 is 4.53. The first-order chi connectivity index (χ1) is 7.61. The minimum atomic E-state index is -0.622. The van der Waals surface area contributed by atoms with Gasteiger partial charge in [0.2, 0.25) is 0 Å². The SMILES string of the molecule is COC(=O)c1cc2ccc(C)cc2[nH]c1=O. The lowest BCUT2D eigenvalue weighted by Gasteiger charge is -2.02. The number of hydrogen-bond donors (Lipinski definition) is 1. The Balaban J connectivity index is 2.72. The molecule has 2 aromatic rings. The van der Waals surface area contributed by atoms with Crippen molar-refractivity contribution in [1.29, 1.82) is 0 Å². The summed E-state index contributed by atoms with van der Waals surface area (Å²) in [6, 6.07) is 7.17. The molecule has 0 bridgehead atoms. The molecule has 2 rings (SSSR count). The number of ether oxygens (including phenoxy) is 1. The second kappa shape index (κ2) is 3.81. The van der Waals surface area contributed by atoms with Gasteiger partial charge in [-0.2, -0.15) is 0 Å². The Bertz CT molecular complexity index is 613. The Hall–Kier alpha value is -2.10. The van der Waals surface area contributed by atoms with Gasteiger partial charge in [0.1, 0.15) is 5.56 Å². The van der Waals surface area contributed by atoms with Gasteiger partial charge in [0.25, 0.3) is 5.56 Å². The van der Waals surface area contributed by atoms with Crippen LogP contribution in [0, 0.1) is 6.92 Å². The van der Waals surface area contributed by atoms with Crippen molar-refractivity contribution in [2.45, 2.75) is 6.92 Å². The number of H-pyrrole nitrogens is 1. The highest BCUT2D eigenvalue weighted by Crippen LogP contribution is 2.13. The fourth-order valence-corrected chi connectivity index (χ4v) is 1.58. The number of esters is 1. The van der Waals surface area contributed by atoms with E-state index in [9.17, 15) is 9.59 Å². The highest BCUT2D eigenvalue weighted by atomic mass is 16.5. The molecule has 0 unspecified atom stereocenters. The minimum Gasteiger partial charge on any atom is -0.465 e. The van der Waals surface area contributed by atoms with Crippen LogP contribution in [-0.4, -0.2) is 18.1 Å². The lowest BCUT2D eigenvalue weighted by Crippen LogP contribution is -2.18. The first-order valence-corrected chi connectivity index (χ1v) is 4.84. The van der Waals surface area contributed by atoms with Crippen molar-refractivity contribution in [3.63, 3.8) is 0 Å². The van der Waals surface area contributed by atoms with Gasteiger partial charge in [-0.3, -0.25) is 4.79 Å². The standard InChI is InChI=1S/C12H11NO3/c1-7-3-4-8-6-9(12(15)16-2)11(14)13-10(8)5-7/h3-6H,1-2H3,(H,13,14). The normalized spacial score (nSPS) is 10.4. The van der Waals surface area contributed by atoms with E-state index in [0.717, 1.165) is 16.5 Å². The van der Waals surface area contributed by atoms with Gasteiger partial charge in [-0.05, 0) is 30.0 Å². The van der Waals surface area contributed by atoms with E-state index >= 15 is 0 Å². The number of methoxy groups -OCH3 is 1. The van der Waals surface area contributed by atoms with E-state index in [2.05, 4.69) is 9.72 Å². The van der Waals surface area contributed by atoms with Crippen LogP contribution in [0.15, 0.2) is 29.1 Å². The molecule has 1 aromatic heterocycles. The van der Waals surface area contributed by atoms with E-state index in [1.54, 1.807) is 6.07 Å². The fourth-order valence-electron chi connectivity index (χ4n) is 1.58. The molecule has 82 valence electrons. The first kappa shape index (κ1) is 10.4. The van der Waals surface area contributed by atoms with Crippen LogP contribution in [0.1, 0.15) is 15.9 Å². The Morgan fingerprint density at radius 1 is 1.31 bits per heavy atom. The molecule has 0 aliphatic heterocycles. The third-order valence-electron chi connectivity index (χ3n) is 2.41. The molecule has 0 amide bonds. The number of aromatic nitrogens is 1. The summed E-state index contributed by atoms with van der Waals surface area (Å²) in [5.74, 6) is -0.622. The number of pyridine rings is 1. The number of carbonyl (C=O) groups is 1.